The second-order valence-corrected chi connectivity index (χ2v) is 39.9. The SMILES string of the molecule is CCC(C)C.CCC1O[C@H](OCCOCCOCCOCCN/C=C(\N)CCC(=O)CCCCCC(=O)CCOCC(COCCC(=O)CCCCCC(=O)CC/C(N)=C/NCCOCCOCCOCCO[C@H]2OC(CC)[C@@H](C)C(C)[C@H]2C)(COCCC(=O)NCCCCC(=O)CC/C(N)=C/NCCOCCOCCOCCO[C@H]2OC(CC)[C@@H](C)C(C)[C@H]2C)NC(=O)CCCCCn2ccnn2)[C@H](C)C(C)[C@@H]1C.N.N.N. The Hall–Kier alpha value is -6.39. The van der Waals surface area contributed by atoms with Crippen molar-refractivity contribution in [2.24, 2.45) is 76.4 Å². The minimum Gasteiger partial charge on any atom is -0.401 e. The number of amides is 2. The van der Waals surface area contributed by atoms with Crippen LogP contribution in [0.5, 0.6) is 0 Å². The molecule has 3 fully saturated rings. The lowest BCUT2D eigenvalue weighted by Crippen LogP contribution is -2.58. The molecule has 4 rings (SSSR count). The Morgan fingerprint density at radius 3 is 0.932 bits per heavy atom. The van der Waals surface area contributed by atoms with E-state index < -0.39 is 5.54 Å². The number of nitrogens with two attached hydrogens (primary N) is 3. The zero-order chi connectivity index (χ0) is 106. The van der Waals surface area contributed by atoms with Gasteiger partial charge in [-0.3, -0.25) is 38.2 Å². The van der Waals surface area contributed by atoms with E-state index in [1.54, 1.807) is 35.7 Å². The molecular formula is C109H210N14O25. The number of carbonyl (C=O) groups is 7. The smallest absolute Gasteiger partial charge is 0.222 e. The van der Waals surface area contributed by atoms with Crippen LogP contribution in [0.2, 0.25) is 0 Å². The van der Waals surface area contributed by atoms with Crippen LogP contribution in [-0.2, 0) is 125 Å². The Labute approximate surface area is 890 Å². The summed E-state index contributed by atoms with van der Waals surface area (Å²) in [6.45, 7) is 45.2. The number of Topliss-reactive ketones (excluding diaryl/α,β-unsaturated/α-hetero) is 5. The molecule has 39 heteroatoms. The maximum absolute atomic E-state index is 14.0. The first kappa shape index (κ1) is 142. The van der Waals surface area contributed by atoms with Crippen molar-refractivity contribution in [3.8, 4) is 0 Å². The Morgan fingerprint density at radius 2 is 0.622 bits per heavy atom. The van der Waals surface area contributed by atoms with Crippen molar-refractivity contribution in [1.82, 2.24) is 60.0 Å². The van der Waals surface area contributed by atoms with Crippen LogP contribution in [0.15, 0.2) is 48.1 Å². The third kappa shape index (κ3) is 70.1. The maximum Gasteiger partial charge on any atom is 0.222 e. The van der Waals surface area contributed by atoms with Crippen molar-refractivity contribution in [1.29, 1.82) is 0 Å². The van der Waals surface area contributed by atoms with Gasteiger partial charge in [0, 0.05) is 169 Å². The monoisotopic (exact) mass is 2120 g/mol. The third-order valence-corrected chi connectivity index (χ3v) is 27.7. The number of nitrogens with zero attached hydrogens (tertiary/aromatic N) is 3. The van der Waals surface area contributed by atoms with E-state index in [-0.39, 0.29) is 162 Å². The van der Waals surface area contributed by atoms with E-state index in [0.717, 1.165) is 38.0 Å². The highest BCUT2D eigenvalue weighted by Gasteiger charge is 2.42. The largest absolute Gasteiger partial charge is 0.401 e. The number of unbranched alkanes of at least 4 members (excludes halogenated alkanes) is 7. The average molecular weight is 2120 g/mol. The molecule has 1 aromatic rings. The van der Waals surface area contributed by atoms with Gasteiger partial charge in [0.25, 0.3) is 0 Å². The first-order valence-electron chi connectivity index (χ1n) is 55.3. The molecular weight excluding hydrogens is 1910 g/mol. The van der Waals surface area contributed by atoms with E-state index in [1.165, 1.54) is 6.42 Å². The van der Waals surface area contributed by atoms with Gasteiger partial charge in [-0.05, 0) is 131 Å². The number of allylic oxidation sites excluding steroid dienone is 3. The molecule has 0 bridgehead atoms. The number of aromatic nitrogens is 3. The fraction of sp³-hybridized carbons (Fsp3) is 0.862. The van der Waals surface area contributed by atoms with Crippen LogP contribution in [0.3, 0.4) is 0 Å². The van der Waals surface area contributed by atoms with Crippen LogP contribution in [-0.4, -0.2) is 303 Å². The van der Waals surface area contributed by atoms with E-state index >= 15 is 0 Å². The molecule has 0 spiro atoms. The summed E-state index contributed by atoms with van der Waals surface area (Å²) in [6.07, 6.45) is 24.1. The van der Waals surface area contributed by atoms with E-state index in [9.17, 15) is 33.6 Å². The Morgan fingerprint density at radius 1 is 0.331 bits per heavy atom. The normalized spacial score (nSPS) is 21.5. The molecule has 0 saturated carbocycles. The summed E-state index contributed by atoms with van der Waals surface area (Å²) in [7, 11) is 0. The van der Waals surface area contributed by atoms with Gasteiger partial charge in [-0.15, -0.1) is 5.10 Å². The number of carbonyl (C=O) groups excluding carboxylic acids is 7. The highest BCUT2D eigenvalue weighted by molar-refractivity contribution is 5.80. The van der Waals surface area contributed by atoms with Gasteiger partial charge in [-0.1, -0.05) is 135 Å². The lowest BCUT2D eigenvalue weighted by molar-refractivity contribution is -0.251. The topological polar surface area (TPSA) is 560 Å². The summed E-state index contributed by atoms with van der Waals surface area (Å²) in [4.78, 5) is 92.3. The predicted molar refractivity (Wildman–Crippen MR) is 577 cm³/mol. The molecule has 39 nitrogen and oxygen atoms in total. The first-order chi connectivity index (χ1) is 70.1. The zero-order valence-electron chi connectivity index (χ0n) is 94.4. The second kappa shape index (κ2) is 92.0. The Balaban J connectivity index is 0.0000263. The highest BCUT2D eigenvalue weighted by Crippen LogP contribution is 2.39. The molecule has 3 aliphatic rings. The molecule has 2 amide bonds. The molecule has 0 aliphatic carbocycles. The van der Waals surface area contributed by atoms with Crippen molar-refractivity contribution in [2.45, 2.75) is 346 Å². The summed E-state index contributed by atoms with van der Waals surface area (Å²) in [5.74, 6) is 4.64. The number of hydrogen-bond donors (Lipinski definition) is 11. The molecule has 0 aromatic carbocycles. The van der Waals surface area contributed by atoms with Crippen LogP contribution in [0.4, 0.5) is 0 Å². The minimum atomic E-state index is -1.29. The number of ketones is 5. The lowest BCUT2D eigenvalue weighted by atomic mass is 9.78. The summed E-state index contributed by atoms with van der Waals surface area (Å²) in [5.41, 5.74) is 19.0. The summed E-state index contributed by atoms with van der Waals surface area (Å²) in [6, 6.07) is 0. The summed E-state index contributed by atoms with van der Waals surface area (Å²) >= 11 is 0. The quantitative estimate of drug-likeness (QED) is 0.0270. The van der Waals surface area contributed by atoms with Gasteiger partial charge in [-0.25, -0.2) is 0 Å². The number of aryl methyl sites for hydroxylation is 1. The van der Waals surface area contributed by atoms with Gasteiger partial charge >= 0.3 is 0 Å². The number of nitrogens with one attached hydrogen (secondary N) is 5. The van der Waals surface area contributed by atoms with Crippen LogP contribution in [0.1, 0.15) is 296 Å². The molecule has 3 saturated heterocycles. The molecule has 4 heterocycles. The molecule has 3 aliphatic heterocycles. The van der Waals surface area contributed by atoms with Crippen LogP contribution in [0, 0.1) is 59.2 Å². The van der Waals surface area contributed by atoms with Gasteiger partial charge < -0.3 is 148 Å². The first-order valence-corrected chi connectivity index (χ1v) is 55.3. The molecule has 15 atom stereocenters. The van der Waals surface area contributed by atoms with Crippen molar-refractivity contribution < 1.29 is 119 Å². The van der Waals surface area contributed by atoms with E-state index in [0.29, 0.717) is 370 Å². The van der Waals surface area contributed by atoms with Crippen molar-refractivity contribution >= 4 is 40.7 Å². The van der Waals surface area contributed by atoms with Crippen LogP contribution in [0.25, 0.3) is 0 Å². The predicted octanol–water partition coefficient (Wildman–Crippen LogP) is 14.3. The van der Waals surface area contributed by atoms with E-state index in [2.05, 4.69) is 141 Å². The molecule has 148 heavy (non-hydrogen) atoms. The zero-order valence-corrected chi connectivity index (χ0v) is 94.4. The number of rotatable bonds is 94. The lowest BCUT2D eigenvalue weighted by Gasteiger charge is -2.43. The average Bonchev–Trinajstić information content (AvgIpc) is 0.899. The van der Waals surface area contributed by atoms with Crippen LogP contribution < -0.4 is 62.2 Å². The van der Waals surface area contributed by atoms with Gasteiger partial charge in [0.1, 0.15) is 34.5 Å². The number of hydrogen-bond acceptors (Lipinski definition) is 36. The van der Waals surface area contributed by atoms with Crippen molar-refractivity contribution in [3.05, 3.63) is 48.1 Å². The highest BCUT2D eigenvalue weighted by atomic mass is 16.7. The second-order valence-electron chi connectivity index (χ2n) is 39.9. The molecule has 20 N–H and O–H groups in total. The van der Waals surface area contributed by atoms with Crippen molar-refractivity contribution in [3.63, 3.8) is 0 Å². The molecule has 1 aromatic heterocycles. The molecule has 0 radical (unpaired) electrons. The number of ether oxygens (including phenoxy) is 18. The fourth-order valence-corrected chi connectivity index (χ4v) is 16.8. The van der Waals surface area contributed by atoms with E-state index in [1.807, 2.05) is 0 Å². The maximum atomic E-state index is 14.0. The van der Waals surface area contributed by atoms with E-state index in [4.69, 9.17) is 102 Å². The standard InChI is InChI=1S/C104H189N11O25.C5H12.3H3N/c1-13-96-82(7)79(4)85(10)101(138-96)135-70-67-129-64-61-126-58-55-123-52-44-108-73-88(105)33-36-91(116)27-19-16-21-29-94(119)39-49-132-76-104(113-100(122)32-23-18-26-47-115-48-43-112-114-115,77-133-50-40-95(120)30-22-17-20-28-92(117)37-34-89(106)74-109-45-53-124-56-59-127-62-65-130-68-71-136-102-86(11)80(5)83(8)97(14-2)139-102)78-134-51-41-99(121)111-42-25-24-31-93(118)38-35-90(107)75-110-46-54-125-57-60-128-63-66-131-69-72-137-103-87(12)81(6)84(9)98(15-3)140-103;1-4-5(2)3;;;/h43,48,73-75,79-87,96-98,101-103,108-110H,13-42,44-47,49-72,76-78,105-107H2,1-12H3,(H,111,121)(H,113,122);5H,4H2,1-3H3;3*1H3/b88-73-,89-74-,90-75-;;;;/t79?,80?,81?,82-,83-,84-,85+,86+,87+,96?,97?,98?,101-,102-,103-,104?;;;;/m0..../s1. The Kier molecular flexibility index (Phi) is 88.0. The Bertz CT molecular complexity index is 3230. The molecule has 6 unspecified atom stereocenters. The summed E-state index contributed by atoms with van der Waals surface area (Å²) in [5, 5.41) is 23.4. The van der Waals surface area contributed by atoms with Crippen LogP contribution >= 0.6 is 0 Å². The minimum absolute atomic E-state index is 0. The van der Waals surface area contributed by atoms with Gasteiger partial charge in [-0.2, -0.15) is 0 Å². The van der Waals surface area contributed by atoms with Gasteiger partial charge in [0.2, 0.25) is 11.8 Å². The van der Waals surface area contributed by atoms with Crippen molar-refractivity contribution in [2.75, 3.05) is 205 Å². The molecule has 866 valence electrons. The van der Waals surface area contributed by atoms with Gasteiger partial charge in [0.05, 0.1) is 203 Å². The fourth-order valence-electron chi connectivity index (χ4n) is 16.8. The van der Waals surface area contributed by atoms with Gasteiger partial charge in [0.15, 0.2) is 18.9 Å². The summed E-state index contributed by atoms with van der Waals surface area (Å²) < 4.78 is 108. The third-order valence-electron chi connectivity index (χ3n) is 27.7.